The van der Waals surface area contributed by atoms with E-state index in [1.165, 1.54) is 0 Å². The minimum atomic E-state index is 0.0307. The van der Waals surface area contributed by atoms with Crippen molar-refractivity contribution in [2.24, 2.45) is 3.31 Å². The van der Waals surface area contributed by atoms with Gasteiger partial charge in [0.2, 0.25) is 0 Å². The van der Waals surface area contributed by atoms with E-state index in [0.717, 1.165) is 4.43 Å². The molecule has 1 aliphatic heterocycles. The summed E-state index contributed by atoms with van der Waals surface area (Å²) in [5.41, 5.74) is 0. The maximum Gasteiger partial charge on any atom is 0.119 e. The average molecular weight is 197 g/mol. The zero-order chi connectivity index (χ0) is 4.24. The van der Waals surface area contributed by atoms with E-state index in [0.29, 0.717) is 0 Å². The number of hydrogen-bond acceptors (Lipinski definition) is 2. The lowest BCUT2D eigenvalue weighted by atomic mass is 10.7. The van der Waals surface area contributed by atoms with E-state index in [4.69, 9.17) is 0 Å². The molecular weight excluding hydrogens is 193 g/mol. The smallest absolute Gasteiger partial charge is 0.119 e. The Hall–Kier alpha value is 0.0700. The summed E-state index contributed by atoms with van der Waals surface area (Å²) in [6.45, 7) is 0. The first-order chi connectivity index (χ1) is 3.00. The van der Waals surface area contributed by atoms with Gasteiger partial charge in [-0.15, -0.1) is 0 Å². The van der Waals surface area contributed by atoms with Crippen molar-refractivity contribution in [3.63, 3.8) is 0 Å². The largest absolute Gasteiger partial charge is 0.360 e. The van der Waals surface area contributed by atoms with E-state index in [-0.39, 0.29) is 21.0 Å². The van der Waals surface area contributed by atoms with Gasteiger partial charge in [0.25, 0.3) is 0 Å². The molecule has 2 nitrogen and oxygen atoms in total. The molecule has 0 aromatic carbocycles. The summed E-state index contributed by atoms with van der Waals surface area (Å²) in [4.78, 5) is 4.56. The molecule has 6 heavy (non-hydrogen) atoms. The average Bonchev–Trinajstić information content (AvgIpc) is 1.72. The summed E-state index contributed by atoms with van der Waals surface area (Å²) in [5, 5.41) is 0. The lowest BCUT2D eigenvalue weighted by Gasteiger charge is -1.88. The molecule has 1 heterocycles. The lowest BCUT2D eigenvalue weighted by molar-refractivity contribution is 0.282. The molecule has 0 N–H and O–H groups in total. The maximum absolute atomic E-state index is 4.56. The third-order valence-electron chi connectivity index (χ3n) is 0.404. The number of hydrogen-bond donors (Lipinski definition) is 0. The lowest BCUT2D eigenvalue weighted by Crippen LogP contribution is -1.69. The van der Waals surface area contributed by atoms with Crippen LogP contribution in [-0.2, 0) is 4.84 Å². The highest BCUT2D eigenvalue weighted by Gasteiger charge is 1.78. The highest BCUT2D eigenvalue weighted by Crippen LogP contribution is 2.05. The van der Waals surface area contributed by atoms with E-state index < -0.39 is 0 Å². The first kappa shape index (κ1) is 4.23. The molecule has 3 heteroatoms. The van der Waals surface area contributed by atoms with Gasteiger partial charge in [0.05, 0.1) is 0 Å². The highest BCUT2D eigenvalue weighted by atomic mass is 127. The predicted octanol–water partition coefficient (Wildman–Crippen LogP) is 1.60. The van der Waals surface area contributed by atoms with Crippen molar-refractivity contribution < 1.29 is 4.84 Å². The first-order valence-corrected chi connectivity index (χ1v) is 4.09. The van der Waals surface area contributed by atoms with Crippen LogP contribution in [0.3, 0.4) is 0 Å². The SMILES string of the molecule is C1=CON=IC1. The van der Waals surface area contributed by atoms with Crippen LogP contribution in [-0.4, -0.2) is 4.43 Å². The van der Waals surface area contributed by atoms with Crippen LogP contribution in [0.2, 0.25) is 0 Å². The normalized spacial score (nSPS) is 18.7. The van der Waals surface area contributed by atoms with Crippen LogP contribution in [0.1, 0.15) is 0 Å². The Bertz CT molecular complexity index is 68.8. The summed E-state index contributed by atoms with van der Waals surface area (Å²) < 4.78 is 4.84. The molecule has 0 amide bonds. The zero-order valence-corrected chi connectivity index (χ0v) is 5.25. The molecule has 0 aromatic rings. The van der Waals surface area contributed by atoms with Crippen molar-refractivity contribution in [3.8, 4) is 0 Å². The zero-order valence-electron chi connectivity index (χ0n) is 3.10. The van der Waals surface area contributed by atoms with Crippen LogP contribution in [0.25, 0.3) is 0 Å². The molecule has 0 fully saturated rings. The molecule has 0 atom stereocenters. The van der Waals surface area contributed by atoms with E-state index in [2.05, 4.69) is 8.15 Å². The second kappa shape index (κ2) is 2.28. The summed E-state index contributed by atoms with van der Waals surface area (Å²) in [7, 11) is 0. The van der Waals surface area contributed by atoms with Crippen molar-refractivity contribution in [2.45, 2.75) is 0 Å². The second-order valence-electron chi connectivity index (χ2n) is 0.820. The fourth-order valence-electron chi connectivity index (χ4n) is 0.199. The monoisotopic (exact) mass is 197 g/mol. The van der Waals surface area contributed by atoms with E-state index in [9.17, 15) is 0 Å². The Morgan fingerprint density at radius 1 is 1.83 bits per heavy atom. The van der Waals surface area contributed by atoms with Gasteiger partial charge in [-0.05, 0) is 6.08 Å². The van der Waals surface area contributed by atoms with Crippen LogP contribution in [0, 0.1) is 0 Å². The molecule has 1 aliphatic rings. The minimum Gasteiger partial charge on any atom is -0.360 e. The van der Waals surface area contributed by atoms with Gasteiger partial charge < -0.3 is 4.84 Å². The van der Waals surface area contributed by atoms with Gasteiger partial charge in [-0.3, -0.25) is 0 Å². The summed E-state index contributed by atoms with van der Waals surface area (Å²) in [6, 6.07) is 0. The summed E-state index contributed by atoms with van der Waals surface area (Å²) >= 11 is 0.0307. The van der Waals surface area contributed by atoms with Crippen LogP contribution >= 0.6 is 21.0 Å². The van der Waals surface area contributed by atoms with Crippen LogP contribution < -0.4 is 0 Å². The third-order valence-corrected chi connectivity index (χ3v) is 1.81. The van der Waals surface area contributed by atoms with Crippen molar-refractivity contribution in [1.82, 2.24) is 0 Å². The Labute approximate surface area is 46.3 Å². The number of rotatable bonds is 0. The minimum absolute atomic E-state index is 0.0307. The Morgan fingerprint density at radius 3 is 3.00 bits per heavy atom. The van der Waals surface area contributed by atoms with Gasteiger partial charge in [0, 0.05) is 25.5 Å². The van der Waals surface area contributed by atoms with Crippen molar-refractivity contribution in [1.29, 1.82) is 0 Å². The fraction of sp³-hybridized carbons (Fsp3) is 0.333. The van der Waals surface area contributed by atoms with Crippen LogP contribution in [0.4, 0.5) is 0 Å². The molecule has 0 unspecified atom stereocenters. The van der Waals surface area contributed by atoms with Gasteiger partial charge in [-0.1, -0.05) is 3.31 Å². The molecular formula is C3H4INO. The quantitative estimate of drug-likeness (QED) is 0.426. The molecule has 0 saturated carbocycles. The standard InChI is InChI=1S/C3H4INO/c1-2-4-5-6-3-1/h1,3H,2H2. The molecule has 34 valence electrons. The van der Waals surface area contributed by atoms with E-state index in [1.54, 1.807) is 6.26 Å². The topological polar surface area (TPSA) is 21.6 Å². The van der Waals surface area contributed by atoms with Gasteiger partial charge in [-0.2, -0.15) is 0 Å². The molecule has 0 aliphatic carbocycles. The molecule has 1 rings (SSSR count). The molecule has 0 aromatic heterocycles. The predicted molar refractivity (Wildman–Crippen MR) is 31.5 cm³/mol. The number of nitrogens with zero attached hydrogens (tertiary/aromatic N) is 1. The second-order valence-corrected chi connectivity index (χ2v) is 2.78. The molecule has 0 radical (unpaired) electrons. The van der Waals surface area contributed by atoms with E-state index >= 15 is 0 Å². The van der Waals surface area contributed by atoms with Gasteiger partial charge in [0.1, 0.15) is 6.26 Å². The first-order valence-electron chi connectivity index (χ1n) is 1.60. The molecule has 0 bridgehead atoms. The number of alkyl halides is 1. The van der Waals surface area contributed by atoms with Gasteiger partial charge in [-0.25, -0.2) is 0 Å². The summed E-state index contributed by atoms with van der Waals surface area (Å²) in [5.74, 6) is 0. The van der Waals surface area contributed by atoms with Crippen molar-refractivity contribution >= 4 is 21.0 Å². The maximum atomic E-state index is 4.56. The van der Waals surface area contributed by atoms with Gasteiger partial charge in [0.15, 0.2) is 0 Å². The van der Waals surface area contributed by atoms with E-state index in [1.807, 2.05) is 6.08 Å². The number of halogens is 1. The Balaban J connectivity index is 2.40. The van der Waals surface area contributed by atoms with Crippen LogP contribution in [0.15, 0.2) is 15.6 Å². The Morgan fingerprint density at radius 2 is 2.83 bits per heavy atom. The van der Waals surface area contributed by atoms with Crippen LogP contribution in [0.5, 0.6) is 0 Å². The fourth-order valence-corrected chi connectivity index (χ4v) is 1.09. The summed E-state index contributed by atoms with van der Waals surface area (Å²) in [6.07, 6.45) is 3.63. The third kappa shape index (κ3) is 1.04. The highest BCUT2D eigenvalue weighted by molar-refractivity contribution is 14.2. The molecule has 0 saturated heterocycles. The van der Waals surface area contributed by atoms with Crippen molar-refractivity contribution in [3.05, 3.63) is 12.3 Å². The Kier molecular flexibility index (Phi) is 1.61. The molecule has 0 spiro atoms. The van der Waals surface area contributed by atoms with Gasteiger partial charge >= 0.3 is 0 Å². The number of allylic oxidation sites excluding steroid dienone is 1. The van der Waals surface area contributed by atoms with Crippen molar-refractivity contribution in [2.75, 3.05) is 4.43 Å².